The fourth-order valence-corrected chi connectivity index (χ4v) is 5.13. The lowest BCUT2D eigenvalue weighted by Crippen LogP contribution is -2.32. The van der Waals surface area contributed by atoms with E-state index in [1.165, 1.54) is 64.9 Å². The third kappa shape index (κ3) is 1.91. The number of aromatic nitrogens is 2. The zero-order valence-electron chi connectivity index (χ0n) is 14.9. The molecule has 2 aromatic heterocycles. The van der Waals surface area contributed by atoms with Crippen molar-refractivity contribution in [3.8, 4) is 22.4 Å². The summed E-state index contributed by atoms with van der Waals surface area (Å²) in [6, 6.07) is 15.5. The van der Waals surface area contributed by atoms with Crippen LogP contribution in [0.4, 0.5) is 0 Å². The predicted molar refractivity (Wildman–Crippen MR) is 100 cm³/mol. The van der Waals surface area contributed by atoms with Crippen molar-refractivity contribution >= 4 is 0 Å². The molecule has 0 aliphatic heterocycles. The maximum Gasteiger partial charge on any atom is 0.212 e. The van der Waals surface area contributed by atoms with Gasteiger partial charge in [-0.3, -0.25) is 4.98 Å². The summed E-state index contributed by atoms with van der Waals surface area (Å²) in [5.74, 6) is 0. The van der Waals surface area contributed by atoms with E-state index in [2.05, 4.69) is 67.2 Å². The molecule has 0 radical (unpaired) electrons. The van der Waals surface area contributed by atoms with E-state index in [1.54, 1.807) is 0 Å². The summed E-state index contributed by atoms with van der Waals surface area (Å²) in [5, 5.41) is 0. The van der Waals surface area contributed by atoms with Crippen molar-refractivity contribution in [1.82, 2.24) is 4.98 Å². The normalized spacial score (nSPS) is 16.9. The first kappa shape index (κ1) is 14.8. The molecule has 0 N–H and O–H groups in total. The van der Waals surface area contributed by atoms with Crippen molar-refractivity contribution in [1.29, 1.82) is 0 Å². The molecule has 1 spiro atoms. The molecule has 0 bridgehead atoms. The van der Waals surface area contributed by atoms with E-state index >= 15 is 0 Å². The van der Waals surface area contributed by atoms with Crippen LogP contribution >= 0.6 is 0 Å². The molecule has 0 atom stereocenters. The van der Waals surface area contributed by atoms with Crippen LogP contribution in [0.1, 0.15) is 42.5 Å². The van der Waals surface area contributed by atoms with Crippen LogP contribution in [0.25, 0.3) is 22.4 Å². The van der Waals surface area contributed by atoms with Gasteiger partial charge in [0.05, 0.1) is 11.3 Å². The Hall–Kier alpha value is -2.48. The molecule has 2 aliphatic carbocycles. The van der Waals surface area contributed by atoms with Gasteiger partial charge in [-0.2, -0.15) is 0 Å². The maximum atomic E-state index is 4.89. The fourth-order valence-electron chi connectivity index (χ4n) is 5.13. The van der Waals surface area contributed by atoms with E-state index in [1.807, 2.05) is 6.20 Å². The maximum absolute atomic E-state index is 4.89. The van der Waals surface area contributed by atoms with Crippen molar-refractivity contribution in [3.05, 3.63) is 71.7 Å². The molecular formula is C23H23N2+. The molecule has 2 heteroatoms. The lowest BCUT2D eigenvalue weighted by Gasteiger charge is -2.27. The molecule has 0 unspecified atom stereocenters. The minimum atomic E-state index is 0.107. The topological polar surface area (TPSA) is 16.8 Å². The third-order valence-corrected chi connectivity index (χ3v) is 6.21. The van der Waals surface area contributed by atoms with Crippen molar-refractivity contribution in [3.63, 3.8) is 0 Å². The van der Waals surface area contributed by atoms with Gasteiger partial charge in [-0.05, 0) is 48.6 Å². The monoisotopic (exact) mass is 327 g/mol. The molecule has 0 amide bonds. The number of fused-ring (bicyclic) bond motifs is 5. The largest absolute Gasteiger partial charge is 0.260 e. The van der Waals surface area contributed by atoms with Crippen molar-refractivity contribution in [2.24, 2.45) is 7.05 Å². The first-order chi connectivity index (χ1) is 12.2. The first-order valence-corrected chi connectivity index (χ1v) is 9.27. The van der Waals surface area contributed by atoms with Gasteiger partial charge in [-0.25, -0.2) is 4.57 Å². The van der Waals surface area contributed by atoms with Gasteiger partial charge in [0.15, 0.2) is 6.20 Å². The fraction of sp³-hybridized carbons (Fsp3) is 0.304. The quantitative estimate of drug-likeness (QED) is 0.591. The van der Waals surface area contributed by atoms with Crippen LogP contribution in [-0.2, 0) is 12.5 Å². The van der Waals surface area contributed by atoms with Crippen LogP contribution < -0.4 is 4.57 Å². The number of benzene rings is 1. The zero-order chi connectivity index (χ0) is 17.0. The summed E-state index contributed by atoms with van der Waals surface area (Å²) in [5.41, 5.74) is 9.77. The second-order valence-corrected chi connectivity index (χ2v) is 7.57. The van der Waals surface area contributed by atoms with E-state index in [0.717, 1.165) is 0 Å². The Labute approximate surface area is 149 Å². The molecule has 25 heavy (non-hydrogen) atoms. The van der Waals surface area contributed by atoms with E-state index in [0.29, 0.717) is 0 Å². The molecular weight excluding hydrogens is 304 g/mol. The number of pyridine rings is 2. The Kier molecular flexibility index (Phi) is 3.12. The van der Waals surface area contributed by atoms with Crippen LogP contribution in [0.5, 0.6) is 0 Å². The first-order valence-electron chi connectivity index (χ1n) is 9.27. The average Bonchev–Trinajstić information content (AvgIpc) is 3.22. The third-order valence-electron chi connectivity index (χ3n) is 6.21. The molecule has 3 aromatic rings. The Morgan fingerprint density at radius 3 is 2.60 bits per heavy atom. The van der Waals surface area contributed by atoms with Crippen LogP contribution in [0.2, 0.25) is 0 Å². The number of hydrogen-bond donors (Lipinski definition) is 0. The van der Waals surface area contributed by atoms with Gasteiger partial charge >= 0.3 is 0 Å². The van der Waals surface area contributed by atoms with Gasteiger partial charge in [0.1, 0.15) is 7.05 Å². The molecule has 2 heterocycles. The minimum absolute atomic E-state index is 0.107. The average molecular weight is 327 g/mol. The predicted octanol–water partition coefficient (Wildman–Crippen LogP) is 4.72. The lowest BCUT2D eigenvalue weighted by atomic mass is 9.75. The highest BCUT2D eigenvalue weighted by atomic mass is 14.9. The van der Waals surface area contributed by atoms with Gasteiger partial charge in [0.2, 0.25) is 5.69 Å². The second kappa shape index (κ2) is 5.26. The molecule has 1 fully saturated rings. The smallest absolute Gasteiger partial charge is 0.212 e. The van der Waals surface area contributed by atoms with Gasteiger partial charge in [-0.15, -0.1) is 0 Å². The summed E-state index contributed by atoms with van der Waals surface area (Å²) in [6.45, 7) is 2.25. The van der Waals surface area contributed by atoms with Crippen LogP contribution in [0.15, 0.2) is 54.9 Å². The highest BCUT2D eigenvalue weighted by Gasteiger charge is 2.48. The molecule has 1 saturated carbocycles. The highest BCUT2D eigenvalue weighted by molar-refractivity contribution is 5.87. The Balaban J connectivity index is 1.90. The van der Waals surface area contributed by atoms with Crippen molar-refractivity contribution < 1.29 is 4.57 Å². The number of rotatable bonds is 1. The molecule has 0 saturated heterocycles. The number of aryl methyl sites for hydroxylation is 2. The van der Waals surface area contributed by atoms with Gasteiger partial charge < -0.3 is 0 Å². The Morgan fingerprint density at radius 1 is 0.960 bits per heavy atom. The van der Waals surface area contributed by atoms with Crippen LogP contribution in [-0.4, -0.2) is 4.98 Å². The van der Waals surface area contributed by atoms with Crippen molar-refractivity contribution in [2.45, 2.75) is 38.0 Å². The molecule has 2 nitrogen and oxygen atoms in total. The standard InChI is InChI=1S/C23H23N2/c1-16-10-11-17-18-8-7-14-24-22(18)23(12-4-5-13-23)21(17)20(16)19-9-3-6-15-25(19)2/h3,6-11,14-15H,4-5,12-13H2,1-2H3/q+1. The van der Waals surface area contributed by atoms with Crippen molar-refractivity contribution in [2.75, 3.05) is 0 Å². The summed E-state index contributed by atoms with van der Waals surface area (Å²) in [7, 11) is 2.15. The summed E-state index contributed by atoms with van der Waals surface area (Å²) in [4.78, 5) is 4.89. The molecule has 2 aliphatic rings. The number of hydrogen-bond acceptors (Lipinski definition) is 1. The molecule has 1 aromatic carbocycles. The van der Waals surface area contributed by atoms with Gasteiger partial charge in [0.25, 0.3) is 0 Å². The highest BCUT2D eigenvalue weighted by Crippen LogP contribution is 2.58. The summed E-state index contributed by atoms with van der Waals surface area (Å²) >= 11 is 0. The minimum Gasteiger partial charge on any atom is -0.260 e. The zero-order valence-corrected chi connectivity index (χ0v) is 14.9. The van der Waals surface area contributed by atoms with Crippen LogP contribution in [0.3, 0.4) is 0 Å². The number of nitrogens with zero attached hydrogens (tertiary/aromatic N) is 2. The summed E-state index contributed by atoms with van der Waals surface area (Å²) in [6.07, 6.45) is 9.15. The van der Waals surface area contributed by atoms with E-state index in [9.17, 15) is 0 Å². The molecule has 5 rings (SSSR count). The molecule has 124 valence electrons. The Bertz CT molecular complexity index is 981. The van der Waals surface area contributed by atoms with E-state index < -0.39 is 0 Å². The Morgan fingerprint density at radius 2 is 1.80 bits per heavy atom. The second-order valence-electron chi connectivity index (χ2n) is 7.57. The van der Waals surface area contributed by atoms with Crippen LogP contribution in [0, 0.1) is 6.92 Å². The van der Waals surface area contributed by atoms with E-state index in [4.69, 9.17) is 4.98 Å². The summed E-state index contributed by atoms with van der Waals surface area (Å²) < 4.78 is 2.25. The SMILES string of the molecule is Cc1ccc2c(c1-c1cccc[n+]1C)C1(CCCC1)c1ncccc1-2. The van der Waals surface area contributed by atoms with E-state index in [-0.39, 0.29) is 5.41 Å². The van der Waals surface area contributed by atoms with Gasteiger partial charge in [0, 0.05) is 29.3 Å². The van der Waals surface area contributed by atoms with Gasteiger partial charge in [-0.1, -0.05) is 31.0 Å². The lowest BCUT2D eigenvalue weighted by molar-refractivity contribution is -0.660.